The van der Waals surface area contributed by atoms with Gasteiger partial charge in [-0.15, -0.1) is 0 Å². The summed E-state index contributed by atoms with van der Waals surface area (Å²) in [5.41, 5.74) is 3.63. The standard InChI is InChI=1S/C27H21N3O3/c1-17-9-3-7-13-23(17)29-25(31)21(15-19-16-28-22-12-6-5-11-20(19)22)26(32)30(27(29)33)24-14-8-4-10-18(24)2/h3-16,31H,1-2H3. The van der Waals surface area contributed by atoms with E-state index >= 15 is 0 Å². The van der Waals surface area contributed by atoms with Crippen molar-refractivity contribution in [3.63, 3.8) is 0 Å². The number of aryl methyl sites for hydroxylation is 2. The van der Waals surface area contributed by atoms with Gasteiger partial charge >= 0.3 is 5.69 Å². The zero-order chi connectivity index (χ0) is 23.1. The van der Waals surface area contributed by atoms with Crippen LogP contribution in [0.5, 0.6) is 5.88 Å². The molecule has 0 unspecified atom stereocenters. The van der Waals surface area contributed by atoms with Crippen molar-refractivity contribution in [2.24, 2.45) is 4.99 Å². The molecule has 0 amide bonds. The van der Waals surface area contributed by atoms with E-state index in [0.29, 0.717) is 16.9 Å². The lowest BCUT2D eigenvalue weighted by Crippen LogP contribution is -2.39. The number of rotatable bonds is 3. The average molecular weight is 435 g/mol. The van der Waals surface area contributed by atoms with Crippen molar-refractivity contribution in [3.8, 4) is 17.3 Å². The smallest absolute Gasteiger partial charge is 0.343 e. The average Bonchev–Trinajstić information content (AvgIpc) is 3.22. The highest BCUT2D eigenvalue weighted by Gasteiger charge is 2.22. The molecule has 2 heterocycles. The lowest BCUT2D eigenvalue weighted by molar-refractivity contribution is 0.426. The Morgan fingerprint density at radius 2 is 1.36 bits per heavy atom. The number of allylic oxidation sites excluding steroid dienone is 1. The summed E-state index contributed by atoms with van der Waals surface area (Å²) in [6.07, 6.45) is 3.25. The molecule has 6 heteroatoms. The van der Waals surface area contributed by atoms with Crippen molar-refractivity contribution in [3.05, 3.63) is 116 Å². The number of aliphatic imine (C=N–C) groups is 1. The second-order valence-corrected chi connectivity index (χ2v) is 7.94. The van der Waals surface area contributed by atoms with Crippen LogP contribution in [0, 0.1) is 13.8 Å². The molecule has 0 fully saturated rings. The molecule has 5 rings (SSSR count). The molecule has 0 saturated heterocycles. The van der Waals surface area contributed by atoms with Gasteiger partial charge in [0.25, 0.3) is 5.56 Å². The molecule has 1 aromatic heterocycles. The first kappa shape index (κ1) is 20.5. The van der Waals surface area contributed by atoms with Crippen molar-refractivity contribution in [2.75, 3.05) is 0 Å². The molecule has 0 radical (unpaired) electrons. The van der Waals surface area contributed by atoms with Crippen LogP contribution >= 0.6 is 0 Å². The van der Waals surface area contributed by atoms with E-state index in [9.17, 15) is 14.7 Å². The molecule has 0 bridgehead atoms. The van der Waals surface area contributed by atoms with E-state index in [1.807, 2.05) is 62.4 Å². The largest absolute Gasteiger partial charge is 0.494 e. The van der Waals surface area contributed by atoms with Crippen molar-refractivity contribution in [2.45, 2.75) is 13.8 Å². The zero-order valence-corrected chi connectivity index (χ0v) is 18.2. The molecule has 0 saturated carbocycles. The number of para-hydroxylation sites is 3. The molecule has 33 heavy (non-hydrogen) atoms. The second-order valence-electron chi connectivity index (χ2n) is 7.94. The minimum absolute atomic E-state index is 0.0132. The summed E-state index contributed by atoms with van der Waals surface area (Å²) in [7, 11) is 0. The predicted molar refractivity (Wildman–Crippen MR) is 131 cm³/mol. The van der Waals surface area contributed by atoms with Crippen LogP contribution < -0.4 is 11.2 Å². The highest BCUT2D eigenvalue weighted by Crippen LogP contribution is 2.33. The van der Waals surface area contributed by atoms with Gasteiger partial charge in [0.15, 0.2) is 0 Å². The van der Waals surface area contributed by atoms with Crippen LogP contribution in [0.3, 0.4) is 0 Å². The molecule has 0 spiro atoms. The summed E-state index contributed by atoms with van der Waals surface area (Å²) in [6.45, 7) is 3.69. The Hall–Kier alpha value is -4.45. The number of benzene rings is 3. The maximum absolute atomic E-state index is 13.6. The maximum Gasteiger partial charge on any atom is 0.343 e. The zero-order valence-electron chi connectivity index (χ0n) is 18.2. The third-order valence-corrected chi connectivity index (χ3v) is 5.84. The maximum atomic E-state index is 13.6. The van der Waals surface area contributed by atoms with E-state index in [1.165, 1.54) is 4.57 Å². The predicted octanol–water partition coefficient (Wildman–Crippen LogP) is 4.57. The monoisotopic (exact) mass is 435 g/mol. The fourth-order valence-electron chi connectivity index (χ4n) is 4.11. The fourth-order valence-corrected chi connectivity index (χ4v) is 4.11. The Kier molecular flexibility index (Phi) is 4.90. The van der Waals surface area contributed by atoms with Crippen LogP contribution in [-0.4, -0.2) is 20.5 Å². The Labute approximate surface area is 190 Å². The first-order chi connectivity index (χ1) is 16.0. The Morgan fingerprint density at radius 3 is 2.03 bits per heavy atom. The molecule has 162 valence electrons. The topological polar surface area (TPSA) is 76.6 Å². The summed E-state index contributed by atoms with van der Waals surface area (Å²) in [5, 5.41) is 11.2. The van der Waals surface area contributed by atoms with Crippen LogP contribution in [-0.2, 0) is 0 Å². The molecule has 6 nitrogen and oxygen atoms in total. The number of aromatic nitrogens is 2. The van der Waals surface area contributed by atoms with Crippen LogP contribution in [0.1, 0.15) is 22.3 Å². The molecule has 0 aliphatic carbocycles. The van der Waals surface area contributed by atoms with E-state index < -0.39 is 17.1 Å². The Balaban J connectivity index is 1.88. The lowest BCUT2D eigenvalue weighted by Gasteiger charge is -2.17. The molecule has 1 aliphatic heterocycles. The molecule has 4 aromatic rings. The number of aromatic hydroxyl groups is 1. The summed E-state index contributed by atoms with van der Waals surface area (Å²) in [4.78, 5) is 31.6. The highest BCUT2D eigenvalue weighted by atomic mass is 16.3. The van der Waals surface area contributed by atoms with Gasteiger partial charge in [-0.3, -0.25) is 9.79 Å². The van der Waals surface area contributed by atoms with E-state index in [4.69, 9.17) is 0 Å². The summed E-state index contributed by atoms with van der Waals surface area (Å²) < 4.78 is 2.31. The molecule has 0 atom stereocenters. The minimum atomic E-state index is -0.635. The van der Waals surface area contributed by atoms with Crippen LogP contribution in [0.15, 0.2) is 87.4 Å². The van der Waals surface area contributed by atoms with Gasteiger partial charge in [0.2, 0.25) is 5.88 Å². The number of fused-ring (bicyclic) bond motifs is 1. The molecular formula is C27H21N3O3. The quantitative estimate of drug-likeness (QED) is 0.512. The molecule has 1 N–H and O–H groups in total. The van der Waals surface area contributed by atoms with Gasteiger partial charge in [-0.05, 0) is 49.2 Å². The van der Waals surface area contributed by atoms with Gasteiger partial charge in [0, 0.05) is 17.4 Å². The molecule has 3 aromatic carbocycles. The van der Waals surface area contributed by atoms with E-state index in [2.05, 4.69) is 4.99 Å². The van der Waals surface area contributed by atoms with Crippen LogP contribution in [0.4, 0.5) is 5.69 Å². The highest BCUT2D eigenvalue weighted by molar-refractivity contribution is 6.21. The van der Waals surface area contributed by atoms with Gasteiger partial charge in [0.1, 0.15) is 5.56 Å². The van der Waals surface area contributed by atoms with E-state index in [1.54, 1.807) is 36.6 Å². The summed E-state index contributed by atoms with van der Waals surface area (Å²) in [5.74, 6) is -0.408. The van der Waals surface area contributed by atoms with E-state index in [-0.39, 0.29) is 5.56 Å². The molecule has 1 aliphatic rings. The van der Waals surface area contributed by atoms with Gasteiger partial charge in [-0.2, -0.15) is 0 Å². The van der Waals surface area contributed by atoms with Gasteiger partial charge in [-0.1, -0.05) is 54.6 Å². The SMILES string of the molecule is Cc1ccccc1-n1c(O)c(C=C2C=Nc3ccccc32)c(=O)n(-c2ccccc2C)c1=O. The Bertz CT molecular complexity index is 1590. The first-order valence-corrected chi connectivity index (χ1v) is 10.6. The Morgan fingerprint density at radius 1 is 0.788 bits per heavy atom. The third kappa shape index (κ3) is 3.32. The number of nitrogens with zero attached hydrogens (tertiary/aromatic N) is 3. The van der Waals surface area contributed by atoms with Crippen molar-refractivity contribution >= 4 is 23.6 Å². The van der Waals surface area contributed by atoms with Gasteiger partial charge < -0.3 is 5.11 Å². The normalized spacial score (nSPS) is 13.5. The first-order valence-electron chi connectivity index (χ1n) is 10.6. The van der Waals surface area contributed by atoms with Crippen LogP contribution in [0.25, 0.3) is 23.0 Å². The van der Waals surface area contributed by atoms with Crippen LogP contribution in [0.2, 0.25) is 0 Å². The fraction of sp³-hybridized carbons (Fsp3) is 0.0741. The van der Waals surface area contributed by atoms with Gasteiger partial charge in [0.05, 0.1) is 17.1 Å². The van der Waals surface area contributed by atoms with E-state index in [0.717, 1.165) is 26.9 Å². The van der Waals surface area contributed by atoms with Crippen molar-refractivity contribution < 1.29 is 5.11 Å². The summed E-state index contributed by atoms with van der Waals surface area (Å²) >= 11 is 0. The molecular weight excluding hydrogens is 414 g/mol. The minimum Gasteiger partial charge on any atom is -0.494 e. The second kappa shape index (κ2) is 7.91. The summed E-state index contributed by atoms with van der Waals surface area (Å²) in [6, 6.07) is 22.0. The number of hydrogen-bond acceptors (Lipinski definition) is 4. The lowest BCUT2D eigenvalue weighted by atomic mass is 10.0. The van der Waals surface area contributed by atoms with Crippen molar-refractivity contribution in [1.29, 1.82) is 0 Å². The third-order valence-electron chi connectivity index (χ3n) is 5.84. The number of hydrogen-bond donors (Lipinski definition) is 1. The van der Waals surface area contributed by atoms with Crippen molar-refractivity contribution in [1.82, 2.24) is 9.13 Å². The van der Waals surface area contributed by atoms with Gasteiger partial charge in [-0.25, -0.2) is 13.9 Å².